The van der Waals surface area contributed by atoms with Crippen LogP contribution in [-0.4, -0.2) is 16.8 Å². The Kier molecular flexibility index (Phi) is 4.72. The highest BCUT2D eigenvalue weighted by Crippen LogP contribution is 2.27. The minimum Gasteiger partial charge on any atom is -1.00 e. The van der Waals surface area contributed by atoms with E-state index in [1.165, 1.54) is 6.07 Å². The summed E-state index contributed by atoms with van der Waals surface area (Å²) in [5.74, 6) is -1.32. The van der Waals surface area contributed by atoms with Crippen molar-refractivity contribution in [3.63, 3.8) is 0 Å². The average molecular weight is 252 g/mol. The molecule has 0 aliphatic carbocycles. The van der Waals surface area contributed by atoms with Crippen LogP contribution >= 0.6 is 0 Å². The van der Waals surface area contributed by atoms with E-state index in [1.54, 1.807) is 0 Å². The van der Waals surface area contributed by atoms with Crippen molar-refractivity contribution in [2.45, 2.75) is 6.42 Å². The van der Waals surface area contributed by atoms with E-state index in [2.05, 4.69) is 0 Å². The van der Waals surface area contributed by atoms with E-state index >= 15 is 0 Å². The van der Waals surface area contributed by atoms with Crippen LogP contribution in [0.2, 0.25) is 0 Å². The highest BCUT2D eigenvalue weighted by molar-refractivity contribution is 5.41. The lowest BCUT2D eigenvalue weighted by molar-refractivity contribution is -0.00000498. The van der Waals surface area contributed by atoms with Crippen LogP contribution < -0.4 is 22.7 Å². The first kappa shape index (κ1) is 12.2. The molecule has 0 unspecified atom stereocenters. The normalized spacial score (nSPS) is 9.38. The van der Waals surface area contributed by atoms with E-state index in [1.807, 2.05) is 0 Å². The van der Waals surface area contributed by atoms with Crippen molar-refractivity contribution < 1.29 is 33.0 Å². The molecule has 1 aromatic rings. The zero-order chi connectivity index (χ0) is 9.14. The molecule has 3 nitrogen and oxygen atoms in total. The van der Waals surface area contributed by atoms with Gasteiger partial charge in [-0.3, -0.25) is 0 Å². The fourth-order valence-corrected chi connectivity index (χ4v) is 0.942. The van der Waals surface area contributed by atoms with Gasteiger partial charge in [-0.25, -0.2) is 4.39 Å². The number of hydrogen-bond acceptors (Lipinski definition) is 3. The summed E-state index contributed by atoms with van der Waals surface area (Å²) in [4.78, 5) is 0. The van der Waals surface area contributed by atoms with E-state index in [0.717, 1.165) is 6.07 Å². The predicted octanol–water partition coefficient (Wildman–Crippen LogP) is -2.15. The van der Waals surface area contributed by atoms with Crippen LogP contribution in [0.3, 0.4) is 0 Å². The van der Waals surface area contributed by atoms with Gasteiger partial charge in [-0.05, 0) is 24.6 Å². The third kappa shape index (κ3) is 2.86. The molecule has 0 aromatic heterocycles. The quantitative estimate of drug-likeness (QED) is 0.526. The number of nitrogens with two attached hydrogens (primary N) is 1. The fraction of sp³-hybridized carbons (Fsp3) is 0.250. The van der Waals surface area contributed by atoms with Crippen LogP contribution in [0.15, 0.2) is 12.1 Å². The molecule has 4 N–H and O–H groups in total. The SMILES string of the molecule is NCCc1cc(O)c(O)cc1F.[Br-].[H+]. The van der Waals surface area contributed by atoms with Crippen molar-refractivity contribution in [1.29, 1.82) is 0 Å². The summed E-state index contributed by atoms with van der Waals surface area (Å²) in [6.45, 7) is 0.307. The molecule has 13 heavy (non-hydrogen) atoms. The van der Waals surface area contributed by atoms with Crippen molar-refractivity contribution in [2.24, 2.45) is 5.73 Å². The molecular formula is C8H11BrFNO2. The second kappa shape index (κ2) is 5.04. The first-order valence-corrected chi connectivity index (χ1v) is 3.55. The number of hydrogen-bond donors (Lipinski definition) is 3. The molecule has 0 amide bonds. The molecular weight excluding hydrogens is 241 g/mol. The minimum atomic E-state index is -0.546. The Labute approximate surface area is 87.3 Å². The van der Waals surface area contributed by atoms with Crippen molar-refractivity contribution in [2.75, 3.05) is 6.54 Å². The highest BCUT2D eigenvalue weighted by Gasteiger charge is 2.06. The van der Waals surface area contributed by atoms with Gasteiger partial charge in [-0.2, -0.15) is 0 Å². The van der Waals surface area contributed by atoms with E-state index in [9.17, 15) is 4.39 Å². The molecule has 5 heteroatoms. The van der Waals surface area contributed by atoms with Gasteiger partial charge in [0.25, 0.3) is 0 Å². The van der Waals surface area contributed by atoms with E-state index in [4.69, 9.17) is 15.9 Å². The standard InChI is InChI=1S/C8H10FNO2.BrH/c9-6-4-8(12)7(11)3-5(6)1-2-10;/h3-4,11-12H,1-2,10H2;1H. The van der Waals surface area contributed by atoms with Crippen molar-refractivity contribution >= 4 is 0 Å². The molecule has 0 heterocycles. The molecule has 0 saturated carbocycles. The van der Waals surface area contributed by atoms with Crippen LogP contribution in [0.1, 0.15) is 6.99 Å². The number of halogens is 2. The maximum atomic E-state index is 12.9. The Hall–Kier alpha value is -0.810. The average Bonchev–Trinajstić information content (AvgIpc) is 2.01. The molecule has 0 spiro atoms. The molecule has 0 fully saturated rings. The van der Waals surface area contributed by atoms with Gasteiger partial charge in [-0.15, -0.1) is 0 Å². The summed E-state index contributed by atoms with van der Waals surface area (Å²) in [6.07, 6.45) is 0.347. The monoisotopic (exact) mass is 251 g/mol. The first-order chi connectivity index (χ1) is 5.65. The van der Waals surface area contributed by atoms with Crippen LogP contribution in [0, 0.1) is 5.82 Å². The summed E-state index contributed by atoms with van der Waals surface area (Å²) >= 11 is 0. The summed E-state index contributed by atoms with van der Waals surface area (Å²) in [7, 11) is 0. The largest absolute Gasteiger partial charge is 1.00 e. The summed E-state index contributed by atoms with van der Waals surface area (Å²) < 4.78 is 12.9. The van der Waals surface area contributed by atoms with Crippen molar-refractivity contribution in [3.05, 3.63) is 23.5 Å². The number of phenolic OH excluding ortho intramolecular Hbond substituents is 2. The van der Waals surface area contributed by atoms with Gasteiger partial charge in [0.15, 0.2) is 11.5 Å². The molecule has 0 aliphatic heterocycles. The van der Waals surface area contributed by atoms with Crippen LogP contribution in [0.5, 0.6) is 11.5 Å². The van der Waals surface area contributed by atoms with Gasteiger partial charge in [0.2, 0.25) is 0 Å². The number of benzene rings is 1. The van der Waals surface area contributed by atoms with E-state index in [-0.39, 0.29) is 24.2 Å². The number of aromatic hydroxyl groups is 2. The second-order valence-electron chi connectivity index (χ2n) is 2.47. The van der Waals surface area contributed by atoms with Crippen LogP contribution in [-0.2, 0) is 6.42 Å². The summed E-state index contributed by atoms with van der Waals surface area (Å²) in [5.41, 5.74) is 5.52. The third-order valence-electron chi connectivity index (χ3n) is 1.56. The predicted molar refractivity (Wildman–Crippen MR) is 43.6 cm³/mol. The lowest BCUT2D eigenvalue weighted by atomic mass is 10.1. The molecule has 0 aliphatic rings. The summed E-state index contributed by atoms with van der Waals surface area (Å²) in [6, 6.07) is 2.05. The van der Waals surface area contributed by atoms with Gasteiger partial charge in [-0.1, -0.05) is 0 Å². The van der Waals surface area contributed by atoms with Crippen LogP contribution in [0.25, 0.3) is 0 Å². The number of rotatable bonds is 2. The molecule has 0 bridgehead atoms. The molecule has 0 atom stereocenters. The summed E-state index contributed by atoms with van der Waals surface area (Å²) in [5, 5.41) is 17.9. The van der Waals surface area contributed by atoms with E-state index in [0.29, 0.717) is 18.5 Å². The Balaban J connectivity index is 0. The van der Waals surface area contributed by atoms with Gasteiger partial charge < -0.3 is 32.9 Å². The van der Waals surface area contributed by atoms with Crippen LogP contribution in [0.4, 0.5) is 4.39 Å². The zero-order valence-electron chi connectivity index (χ0n) is 7.80. The Bertz CT molecular complexity index is 299. The van der Waals surface area contributed by atoms with Gasteiger partial charge >= 0.3 is 1.43 Å². The molecule has 74 valence electrons. The van der Waals surface area contributed by atoms with Gasteiger partial charge in [0.05, 0.1) is 0 Å². The van der Waals surface area contributed by atoms with Crippen molar-refractivity contribution in [3.8, 4) is 11.5 Å². The second-order valence-corrected chi connectivity index (χ2v) is 2.47. The molecule has 0 saturated heterocycles. The first-order valence-electron chi connectivity index (χ1n) is 3.55. The smallest absolute Gasteiger partial charge is 1.00 e. The van der Waals surface area contributed by atoms with E-state index < -0.39 is 11.6 Å². The number of phenols is 2. The third-order valence-corrected chi connectivity index (χ3v) is 1.56. The minimum absolute atomic E-state index is 0. The maximum absolute atomic E-state index is 12.9. The zero-order valence-corrected chi connectivity index (χ0v) is 8.38. The van der Waals surface area contributed by atoms with Gasteiger partial charge in [0, 0.05) is 6.07 Å². The fourth-order valence-electron chi connectivity index (χ4n) is 0.942. The molecule has 1 aromatic carbocycles. The molecule has 0 radical (unpaired) electrons. The lowest BCUT2D eigenvalue weighted by Crippen LogP contribution is -3.00. The highest BCUT2D eigenvalue weighted by atomic mass is 79.9. The Morgan fingerprint density at radius 3 is 2.38 bits per heavy atom. The Morgan fingerprint density at radius 2 is 1.85 bits per heavy atom. The van der Waals surface area contributed by atoms with Gasteiger partial charge in [0.1, 0.15) is 5.82 Å². The molecule has 1 rings (SSSR count). The lowest BCUT2D eigenvalue weighted by Gasteiger charge is -2.03. The maximum Gasteiger partial charge on any atom is 1.00 e. The topological polar surface area (TPSA) is 66.5 Å². The van der Waals surface area contributed by atoms with Crippen molar-refractivity contribution in [1.82, 2.24) is 0 Å². The Morgan fingerprint density at radius 1 is 1.31 bits per heavy atom.